The van der Waals surface area contributed by atoms with E-state index < -0.39 is 11.6 Å². The molecule has 0 saturated heterocycles. The van der Waals surface area contributed by atoms with Crippen molar-refractivity contribution >= 4 is 5.78 Å². The van der Waals surface area contributed by atoms with E-state index in [0.717, 1.165) is 11.1 Å². The number of Topliss-reactive ketones (excluding diaryl/α,β-unsaturated/α-hetero) is 1. The lowest BCUT2D eigenvalue weighted by Gasteiger charge is -2.23. The maximum Gasteiger partial charge on any atom is 0.265 e. The standard InChI is InChI=1S/C14H16FN3O/c1-2-3-9-14(15,18-11-16-10-17-18)13(19)12-7-5-4-6-8-12/h4-8,10-11H,2-3,9H2,1H3. The molecule has 1 atom stereocenters. The van der Waals surface area contributed by atoms with Gasteiger partial charge in [0.05, 0.1) is 0 Å². The number of hydrogen-bond donors (Lipinski definition) is 0. The SMILES string of the molecule is CCCCC(F)(C(=O)c1ccccc1)n1cncn1. The number of rotatable bonds is 6. The van der Waals surface area contributed by atoms with Gasteiger partial charge in [0.2, 0.25) is 5.78 Å². The number of hydrogen-bond acceptors (Lipinski definition) is 3. The van der Waals surface area contributed by atoms with Gasteiger partial charge < -0.3 is 0 Å². The van der Waals surface area contributed by atoms with Crippen molar-refractivity contribution < 1.29 is 9.18 Å². The van der Waals surface area contributed by atoms with Crippen LogP contribution in [-0.4, -0.2) is 20.5 Å². The summed E-state index contributed by atoms with van der Waals surface area (Å²) in [5.74, 6) is -2.74. The zero-order chi connectivity index (χ0) is 13.7. The van der Waals surface area contributed by atoms with E-state index in [1.54, 1.807) is 30.3 Å². The quantitative estimate of drug-likeness (QED) is 0.751. The van der Waals surface area contributed by atoms with Gasteiger partial charge in [0.1, 0.15) is 12.7 Å². The van der Waals surface area contributed by atoms with Gasteiger partial charge in [-0.1, -0.05) is 43.7 Å². The summed E-state index contributed by atoms with van der Waals surface area (Å²) >= 11 is 0. The Hall–Kier alpha value is -2.04. The Kier molecular flexibility index (Phi) is 4.04. The van der Waals surface area contributed by atoms with Crippen LogP contribution in [0.4, 0.5) is 4.39 Å². The molecule has 0 N–H and O–H groups in total. The van der Waals surface area contributed by atoms with Gasteiger partial charge in [0, 0.05) is 12.0 Å². The molecule has 0 saturated carbocycles. The normalized spacial score (nSPS) is 14.0. The maximum absolute atomic E-state index is 15.1. The van der Waals surface area contributed by atoms with E-state index in [-0.39, 0.29) is 6.42 Å². The number of nitrogens with zero attached hydrogens (tertiary/aromatic N) is 3. The van der Waals surface area contributed by atoms with Gasteiger partial charge in [-0.15, -0.1) is 0 Å². The van der Waals surface area contributed by atoms with Gasteiger partial charge in [0.25, 0.3) is 5.79 Å². The molecule has 1 heterocycles. The molecule has 2 aromatic rings. The van der Waals surface area contributed by atoms with Gasteiger partial charge in [-0.05, 0) is 6.42 Å². The fourth-order valence-corrected chi connectivity index (χ4v) is 1.95. The third kappa shape index (κ3) is 2.70. The lowest BCUT2D eigenvalue weighted by atomic mass is 9.97. The number of unbranched alkanes of at least 4 members (excludes halogenated alkanes) is 1. The van der Waals surface area contributed by atoms with Crippen molar-refractivity contribution in [3.63, 3.8) is 0 Å². The number of carbonyl (C=O) groups is 1. The van der Waals surface area contributed by atoms with Gasteiger partial charge >= 0.3 is 0 Å². The molecule has 2 rings (SSSR count). The molecule has 1 aromatic heterocycles. The van der Waals surface area contributed by atoms with E-state index in [2.05, 4.69) is 10.1 Å². The summed E-state index contributed by atoms with van der Waals surface area (Å²) in [6.45, 7) is 1.95. The minimum atomic E-state index is -2.16. The Morgan fingerprint density at radius 2 is 2.11 bits per heavy atom. The number of halogens is 1. The number of alkyl halides is 1. The monoisotopic (exact) mass is 261 g/mol. The van der Waals surface area contributed by atoms with Crippen LogP contribution in [0.1, 0.15) is 36.5 Å². The van der Waals surface area contributed by atoms with Crippen LogP contribution in [-0.2, 0) is 5.79 Å². The van der Waals surface area contributed by atoms with Crippen molar-refractivity contribution in [3.8, 4) is 0 Å². The van der Waals surface area contributed by atoms with Gasteiger partial charge in [-0.2, -0.15) is 5.10 Å². The van der Waals surface area contributed by atoms with Crippen molar-refractivity contribution in [2.45, 2.75) is 32.0 Å². The molecule has 1 unspecified atom stereocenters. The van der Waals surface area contributed by atoms with Gasteiger partial charge in [0.15, 0.2) is 0 Å². The molecule has 0 spiro atoms. The van der Waals surface area contributed by atoms with Crippen molar-refractivity contribution in [1.29, 1.82) is 0 Å². The number of benzene rings is 1. The first-order valence-electron chi connectivity index (χ1n) is 6.32. The Labute approximate surface area is 111 Å². The highest BCUT2D eigenvalue weighted by atomic mass is 19.1. The van der Waals surface area contributed by atoms with Crippen LogP contribution in [0.25, 0.3) is 0 Å². The Morgan fingerprint density at radius 1 is 1.37 bits per heavy atom. The average Bonchev–Trinajstić information content (AvgIpc) is 2.99. The van der Waals surface area contributed by atoms with Crippen molar-refractivity contribution in [2.24, 2.45) is 0 Å². The molecule has 0 aliphatic carbocycles. The van der Waals surface area contributed by atoms with E-state index in [9.17, 15) is 4.79 Å². The molecule has 5 heteroatoms. The lowest BCUT2D eigenvalue weighted by molar-refractivity contribution is 0.0312. The molecule has 0 aliphatic heterocycles. The molecule has 4 nitrogen and oxygen atoms in total. The van der Waals surface area contributed by atoms with E-state index in [4.69, 9.17) is 0 Å². The summed E-state index contributed by atoms with van der Waals surface area (Å²) in [6.07, 6.45) is 3.99. The van der Waals surface area contributed by atoms with Crippen molar-refractivity contribution in [3.05, 3.63) is 48.5 Å². The zero-order valence-electron chi connectivity index (χ0n) is 10.8. The van der Waals surface area contributed by atoms with Gasteiger partial charge in [-0.25, -0.2) is 14.1 Å². The summed E-state index contributed by atoms with van der Waals surface area (Å²) in [6, 6.07) is 8.45. The molecular weight excluding hydrogens is 245 g/mol. The molecule has 100 valence electrons. The second kappa shape index (κ2) is 5.73. The summed E-state index contributed by atoms with van der Waals surface area (Å²) in [7, 11) is 0. The van der Waals surface area contributed by atoms with Crippen LogP contribution >= 0.6 is 0 Å². The van der Waals surface area contributed by atoms with Crippen LogP contribution in [0.3, 0.4) is 0 Å². The van der Waals surface area contributed by atoms with Crippen LogP contribution < -0.4 is 0 Å². The first-order valence-corrected chi connectivity index (χ1v) is 6.32. The lowest BCUT2D eigenvalue weighted by Crippen LogP contribution is -2.38. The zero-order valence-corrected chi connectivity index (χ0v) is 10.8. The Balaban J connectivity index is 2.35. The Bertz CT molecular complexity index is 527. The first kappa shape index (κ1) is 13.4. The molecular formula is C14H16FN3O. The molecule has 0 bridgehead atoms. The number of carbonyl (C=O) groups excluding carboxylic acids is 1. The van der Waals surface area contributed by atoms with Crippen LogP contribution in [0, 0.1) is 0 Å². The predicted octanol–water partition coefficient (Wildman–Crippen LogP) is 2.97. The maximum atomic E-state index is 15.1. The molecule has 0 amide bonds. The first-order chi connectivity index (χ1) is 9.18. The molecule has 0 radical (unpaired) electrons. The minimum absolute atomic E-state index is 0.0978. The van der Waals surface area contributed by atoms with E-state index in [1.807, 2.05) is 6.92 Å². The number of aromatic nitrogens is 3. The summed E-state index contributed by atoms with van der Waals surface area (Å²) in [5.41, 5.74) is 0.344. The van der Waals surface area contributed by atoms with Crippen molar-refractivity contribution in [2.75, 3.05) is 0 Å². The third-order valence-corrected chi connectivity index (χ3v) is 3.03. The second-order valence-electron chi connectivity index (χ2n) is 4.40. The topological polar surface area (TPSA) is 47.8 Å². The van der Waals surface area contributed by atoms with E-state index in [0.29, 0.717) is 12.0 Å². The predicted molar refractivity (Wildman–Crippen MR) is 69.4 cm³/mol. The van der Waals surface area contributed by atoms with E-state index >= 15 is 4.39 Å². The third-order valence-electron chi connectivity index (χ3n) is 3.03. The molecule has 0 aliphatic rings. The largest absolute Gasteiger partial charge is 0.288 e. The van der Waals surface area contributed by atoms with Crippen molar-refractivity contribution in [1.82, 2.24) is 14.8 Å². The fourth-order valence-electron chi connectivity index (χ4n) is 1.95. The fraction of sp³-hybridized carbons (Fsp3) is 0.357. The highest BCUT2D eigenvalue weighted by Crippen LogP contribution is 2.29. The summed E-state index contributed by atoms with van der Waals surface area (Å²) < 4.78 is 16.1. The average molecular weight is 261 g/mol. The Morgan fingerprint density at radius 3 is 2.68 bits per heavy atom. The summed E-state index contributed by atoms with van der Waals surface area (Å²) in [5, 5.41) is 3.80. The van der Waals surface area contributed by atoms with E-state index in [1.165, 1.54) is 12.7 Å². The highest BCUT2D eigenvalue weighted by Gasteiger charge is 2.41. The molecule has 0 fully saturated rings. The molecule has 1 aromatic carbocycles. The van der Waals surface area contributed by atoms with Gasteiger partial charge in [-0.3, -0.25) is 4.79 Å². The van der Waals surface area contributed by atoms with Crippen LogP contribution in [0.5, 0.6) is 0 Å². The number of ketones is 1. The highest BCUT2D eigenvalue weighted by molar-refractivity contribution is 6.00. The molecule has 19 heavy (non-hydrogen) atoms. The smallest absolute Gasteiger partial charge is 0.265 e. The van der Waals surface area contributed by atoms with Crippen LogP contribution in [0.15, 0.2) is 43.0 Å². The van der Waals surface area contributed by atoms with Crippen LogP contribution in [0.2, 0.25) is 0 Å². The second-order valence-corrected chi connectivity index (χ2v) is 4.40. The summed E-state index contributed by atoms with van der Waals surface area (Å²) in [4.78, 5) is 16.1. The minimum Gasteiger partial charge on any atom is -0.288 e.